The summed E-state index contributed by atoms with van der Waals surface area (Å²) >= 11 is 0. The van der Waals surface area contributed by atoms with Gasteiger partial charge in [0.1, 0.15) is 30.4 Å². The Bertz CT molecular complexity index is 1170. The number of benzene rings is 2. The zero-order chi connectivity index (χ0) is 22.7. The van der Waals surface area contributed by atoms with E-state index >= 15 is 0 Å². The van der Waals surface area contributed by atoms with Crippen molar-refractivity contribution in [2.75, 3.05) is 39.3 Å². The summed E-state index contributed by atoms with van der Waals surface area (Å²) in [5.41, 5.74) is 1.88. The van der Waals surface area contributed by atoms with Crippen molar-refractivity contribution < 1.29 is 28.5 Å². The molecule has 9 nitrogen and oxygen atoms in total. The van der Waals surface area contributed by atoms with Crippen molar-refractivity contribution in [1.82, 2.24) is 9.88 Å². The summed E-state index contributed by atoms with van der Waals surface area (Å²) in [4.78, 5) is 25.0. The van der Waals surface area contributed by atoms with E-state index in [-0.39, 0.29) is 24.8 Å². The summed E-state index contributed by atoms with van der Waals surface area (Å²) in [6.07, 6.45) is 0.126. The van der Waals surface area contributed by atoms with E-state index in [4.69, 9.17) is 18.9 Å². The molecule has 2 N–H and O–H groups in total. The maximum atomic E-state index is 12.7. The molecule has 0 saturated heterocycles. The van der Waals surface area contributed by atoms with Gasteiger partial charge in [0, 0.05) is 49.3 Å². The number of hydrogen-bond donors (Lipinski definition) is 2. The van der Waals surface area contributed by atoms with E-state index in [9.17, 15) is 9.59 Å². The predicted octanol–water partition coefficient (Wildman–Crippen LogP) is 2.73. The monoisotopic (exact) mass is 439 g/mol. The highest BCUT2D eigenvalue weighted by molar-refractivity contribution is 6.01. The van der Waals surface area contributed by atoms with Gasteiger partial charge in [-0.05, 0) is 18.2 Å². The fourth-order valence-corrected chi connectivity index (χ4v) is 3.60. The maximum absolute atomic E-state index is 12.7. The van der Waals surface area contributed by atoms with Crippen LogP contribution in [0.5, 0.6) is 23.0 Å². The second-order valence-electron chi connectivity index (χ2n) is 7.26. The molecule has 1 aliphatic rings. The molecule has 0 atom stereocenters. The molecule has 0 fully saturated rings. The quantitative estimate of drug-likeness (QED) is 0.587. The van der Waals surface area contributed by atoms with Gasteiger partial charge in [0.2, 0.25) is 5.91 Å². The van der Waals surface area contributed by atoms with Crippen molar-refractivity contribution in [2.24, 2.45) is 7.05 Å². The van der Waals surface area contributed by atoms with E-state index in [1.54, 1.807) is 56.2 Å². The van der Waals surface area contributed by atoms with Crippen molar-refractivity contribution in [3.63, 3.8) is 0 Å². The molecule has 2 aromatic carbocycles. The van der Waals surface area contributed by atoms with Crippen LogP contribution in [0.3, 0.4) is 0 Å². The van der Waals surface area contributed by atoms with Gasteiger partial charge in [-0.15, -0.1) is 0 Å². The minimum Gasteiger partial charge on any atom is -0.497 e. The topological polar surface area (TPSA) is 100 Å². The van der Waals surface area contributed by atoms with Crippen molar-refractivity contribution in [2.45, 2.75) is 6.42 Å². The number of amides is 2. The minimum absolute atomic E-state index is 0.126. The van der Waals surface area contributed by atoms with Crippen LogP contribution in [0.2, 0.25) is 0 Å². The smallest absolute Gasteiger partial charge is 0.267 e. The molecule has 2 heterocycles. The molecule has 1 aromatic heterocycles. The van der Waals surface area contributed by atoms with Crippen LogP contribution in [0.25, 0.3) is 10.9 Å². The minimum atomic E-state index is -0.281. The van der Waals surface area contributed by atoms with Gasteiger partial charge in [0.25, 0.3) is 5.91 Å². The van der Waals surface area contributed by atoms with Crippen LogP contribution in [0.4, 0.5) is 5.69 Å². The van der Waals surface area contributed by atoms with E-state index in [1.165, 1.54) is 0 Å². The van der Waals surface area contributed by atoms with Crippen LogP contribution >= 0.6 is 0 Å². The van der Waals surface area contributed by atoms with Gasteiger partial charge in [-0.3, -0.25) is 9.59 Å². The number of methoxy groups -OCH3 is 2. The average molecular weight is 439 g/mol. The number of rotatable bonds is 7. The van der Waals surface area contributed by atoms with E-state index in [0.29, 0.717) is 47.6 Å². The van der Waals surface area contributed by atoms with Crippen LogP contribution in [0.1, 0.15) is 16.9 Å². The second kappa shape index (κ2) is 9.09. The third-order valence-electron chi connectivity index (χ3n) is 5.25. The first kappa shape index (κ1) is 21.4. The fourth-order valence-electron chi connectivity index (χ4n) is 3.60. The highest BCUT2D eigenvalue weighted by Crippen LogP contribution is 2.34. The number of nitrogens with one attached hydrogen (secondary N) is 2. The van der Waals surface area contributed by atoms with Crippen LogP contribution in [-0.2, 0) is 11.8 Å². The van der Waals surface area contributed by atoms with Gasteiger partial charge in [-0.1, -0.05) is 0 Å². The van der Waals surface area contributed by atoms with Crippen LogP contribution < -0.4 is 29.6 Å². The van der Waals surface area contributed by atoms with Crippen LogP contribution in [0.15, 0.2) is 36.4 Å². The van der Waals surface area contributed by atoms with Crippen LogP contribution in [-0.4, -0.2) is 50.4 Å². The van der Waals surface area contributed by atoms with Gasteiger partial charge in [-0.2, -0.15) is 0 Å². The average Bonchev–Trinajstić information content (AvgIpc) is 3.14. The largest absolute Gasteiger partial charge is 0.497 e. The number of carbonyl (C=O) groups excluding carboxylic acids is 2. The van der Waals surface area contributed by atoms with E-state index in [2.05, 4.69) is 10.6 Å². The zero-order valence-corrected chi connectivity index (χ0v) is 18.2. The Labute approximate surface area is 185 Å². The summed E-state index contributed by atoms with van der Waals surface area (Å²) in [6.45, 7) is 1.18. The van der Waals surface area contributed by atoms with Crippen molar-refractivity contribution in [1.29, 1.82) is 0 Å². The summed E-state index contributed by atoms with van der Waals surface area (Å²) in [7, 11) is 4.94. The maximum Gasteiger partial charge on any atom is 0.267 e. The molecule has 0 unspecified atom stereocenters. The third kappa shape index (κ3) is 4.27. The first-order valence-corrected chi connectivity index (χ1v) is 10.2. The van der Waals surface area contributed by atoms with Gasteiger partial charge >= 0.3 is 0 Å². The Morgan fingerprint density at radius 3 is 2.56 bits per heavy atom. The third-order valence-corrected chi connectivity index (χ3v) is 5.25. The molecule has 32 heavy (non-hydrogen) atoms. The lowest BCUT2D eigenvalue weighted by molar-refractivity contribution is -0.116. The Morgan fingerprint density at radius 2 is 1.81 bits per heavy atom. The molecule has 0 spiro atoms. The molecule has 4 rings (SSSR count). The summed E-state index contributed by atoms with van der Waals surface area (Å²) in [5, 5.41) is 6.40. The van der Waals surface area contributed by atoms with Crippen LogP contribution in [0, 0.1) is 0 Å². The van der Waals surface area contributed by atoms with Crippen molar-refractivity contribution in [3.8, 4) is 23.0 Å². The molecule has 2 amide bonds. The molecule has 0 aliphatic carbocycles. The molecule has 9 heteroatoms. The van der Waals surface area contributed by atoms with Crippen molar-refractivity contribution in [3.05, 3.63) is 42.1 Å². The Balaban J connectivity index is 1.37. The predicted molar refractivity (Wildman–Crippen MR) is 119 cm³/mol. The molecular weight excluding hydrogens is 414 g/mol. The highest BCUT2D eigenvalue weighted by Gasteiger charge is 2.18. The molecule has 0 radical (unpaired) electrons. The Morgan fingerprint density at radius 1 is 1.03 bits per heavy atom. The van der Waals surface area contributed by atoms with Gasteiger partial charge in [0.15, 0.2) is 11.5 Å². The summed E-state index contributed by atoms with van der Waals surface area (Å²) in [5.74, 6) is 2.02. The molecule has 1 aliphatic heterocycles. The fraction of sp³-hybridized carbons (Fsp3) is 0.304. The number of ether oxygens (including phenoxy) is 4. The molecular formula is C23H25N3O6. The number of hydrogen-bond acceptors (Lipinski definition) is 6. The second-order valence-corrected chi connectivity index (χ2v) is 7.26. The van der Waals surface area contributed by atoms with Gasteiger partial charge in [0.05, 0.1) is 19.7 Å². The lowest BCUT2D eigenvalue weighted by Crippen LogP contribution is -2.29. The van der Waals surface area contributed by atoms with Crippen molar-refractivity contribution >= 4 is 28.4 Å². The number of fused-ring (bicyclic) bond motifs is 2. The molecule has 0 bridgehead atoms. The lowest BCUT2D eigenvalue weighted by Gasteiger charge is -2.19. The van der Waals surface area contributed by atoms with E-state index in [1.807, 2.05) is 6.07 Å². The van der Waals surface area contributed by atoms with Gasteiger partial charge in [-0.25, -0.2) is 0 Å². The Kier molecular flexibility index (Phi) is 6.07. The summed E-state index contributed by atoms with van der Waals surface area (Å²) < 4.78 is 23.5. The van der Waals surface area contributed by atoms with E-state index in [0.717, 1.165) is 10.9 Å². The SMILES string of the molecule is COc1cc(OC)c2cc(C(=O)NCCC(=O)Nc3ccc4c(c3)OCCO4)n(C)c2c1. The van der Waals surface area contributed by atoms with Gasteiger partial charge < -0.3 is 34.1 Å². The first-order valence-electron chi connectivity index (χ1n) is 10.2. The number of anilines is 1. The molecule has 3 aromatic rings. The standard InChI is InChI=1S/C23H25N3O6/c1-26-17-11-15(29-2)12-20(30-3)16(17)13-18(26)23(28)24-7-6-22(27)25-14-4-5-19-21(10-14)32-9-8-31-19/h4-5,10-13H,6-9H2,1-3H3,(H,24,28)(H,25,27). The molecule has 168 valence electrons. The molecule has 0 saturated carbocycles. The highest BCUT2D eigenvalue weighted by atomic mass is 16.6. The number of nitrogens with zero attached hydrogens (tertiary/aromatic N) is 1. The zero-order valence-electron chi connectivity index (χ0n) is 18.2. The Hall–Kier alpha value is -3.88. The number of carbonyl (C=O) groups is 2. The normalized spacial score (nSPS) is 12.3. The first-order chi connectivity index (χ1) is 15.5. The van der Waals surface area contributed by atoms with E-state index < -0.39 is 0 Å². The summed E-state index contributed by atoms with van der Waals surface area (Å²) in [6, 6.07) is 10.6. The number of aromatic nitrogens is 1. The number of aryl methyl sites for hydroxylation is 1. The lowest BCUT2D eigenvalue weighted by atomic mass is 10.2.